The molecule has 2 rings (SSSR count). The molecule has 0 aliphatic heterocycles. The predicted octanol–water partition coefficient (Wildman–Crippen LogP) is 3.58. The fourth-order valence-corrected chi connectivity index (χ4v) is 2.15. The molecule has 1 aromatic carbocycles. The van der Waals surface area contributed by atoms with Gasteiger partial charge in [-0.05, 0) is 30.2 Å². The van der Waals surface area contributed by atoms with E-state index in [1.54, 1.807) is 19.2 Å². The van der Waals surface area contributed by atoms with Crippen molar-refractivity contribution in [2.75, 3.05) is 13.7 Å². The van der Waals surface area contributed by atoms with Crippen LogP contribution in [0.2, 0.25) is 5.02 Å². The summed E-state index contributed by atoms with van der Waals surface area (Å²) < 4.78 is 10.8. The van der Waals surface area contributed by atoms with Crippen LogP contribution in [0, 0.1) is 5.92 Å². The SMILES string of the molecule is COCC(O)(c1cc2cc(Cl)ccc2o1)C(C)C. The number of methoxy groups -OCH3 is 1. The zero-order valence-electron chi connectivity index (χ0n) is 10.7. The van der Waals surface area contributed by atoms with E-state index < -0.39 is 5.60 Å². The Labute approximate surface area is 111 Å². The molecule has 0 fully saturated rings. The number of hydrogen-bond acceptors (Lipinski definition) is 3. The van der Waals surface area contributed by atoms with E-state index in [4.69, 9.17) is 20.8 Å². The number of aliphatic hydroxyl groups is 1. The van der Waals surface area contributed by atoms with Crippen LogP contribution in [0.4, 0.5) is 0 Å². The maximum absolute atomic E-state index is 10.7. The molecule has 0 aliphatic rings. The summed E-state index contributed by atoms with van der Waals surface area (Å²) in [5.41, 5.74) is -0.412. The van der Waals surface area contributed by atoms with Crippen LogP contribution in [0.1, 0.15) is 19.6 Å². The quantitative estimate of drug-likeness (QED) is 0.922. The number of halogens is 1. The van der Waals surface area contributed by atoms with Crippen LogP contribution in [0.5, 0.6) is 0 Å². The Balaban J connectivity index is 2.51. The molecule has 1 unspecified atom stereocenters. The van der Waals surface area contributed by atoms with E-state index in [2.05, 4.69) is 0 Å². The molecule has 0 bridgehead atoms. The van der Waals surface area contributed by atoms with Gasteiger partial charge in [0.1, 0.15) is 16.9 Å². The zero-order valence-corrected chi connectivity index (χ0v) is 11.5. The van der Waals surface area contributed by atoms with Crippen molar-refractivity contribution in [2.45, 2.75) is 19.4 Å². The summed E-state index contributed by atoms with van der Waals surface area (Å²) in [6, 6.07) is 7.20. The first kappa shape index (κ1) is 13.4. The highest BCUT2D eigenvalue weighted by molar-refractivity contribution is 6.31. The monoisotopic (exact) mass is 268 g/mol. The second kappa shape index (κ2) is 4.92. The van der Waals surface area contributed by atoms with Gasteiger partial charge < -0.3 is 14.3 Å². The third-order valence-corrected chi connectivity index (χ3v) is 3.46. The fourth-order valence-electron chi connectivity index (χ4n) is 1.97. The molecule has 0 amide bonds. The maximum Gasteiger partial charge on any atom is 0.147 e. The van der Waals surface area contributed by atoms with Crippen molar-refractivity contribution in [3.63, 3.8) is 0 Å². The molecule has 0 spiro atoms. The summed E-state index contributed by atoms with van der Waals surface area (Å²) in [5.74, 6) is 0.491. The van der Waals surface area contributed by atoms with E-state index in [9.17, 15) is 5.11 Å². The van der Waals surface area contributed by atoms with Crippen molar-refractivity contribution < 1.29 is 14.3 Å². The average molecular weight is 269 g/mol. The van der Waals surface area contributed by atoms with Gasteiger partial charge in [-0.2, -0.15) is 0 Å². The molecule has 3 nitrogen and oxygen atoms in total. The largest absolute Gasteiger partial charge is 0.458 e. The Hall–Kier alpha value is -1.03. The van der Waals surface area contributed by atoms with Crippen LogP contribution < -0.4 is 0 Å². The van der Waals surface area contributed by atoms with E-state index in [1.807, 2.05) is 26.0 Å². The number of fused-ring (bicyclic) bond motifs is 1. The molecule has 0 saturated carbocycles. The van der Waals surface area contributed by atoms with E-state index >= 15 is 0 Å². The van der Waals surface area contributed by atoms with Crippen LogP contribution in [-0.4, -0.2) is 18.8 Å². The summed E-state index contributed by atoms with van der Waals surface area (Å²) in [6.45, 7) is 4.05. The van der Waals surface area contributed by atoms with Crippen molar-refractivity contribution in [2.24, 2.45) is 5.92 Å². The Morgan fingerprint density at radius 3 is 2.72 bits per heavy atom. The molecule has 18 heavy (non-hydrogen) atoms. The molecule has 2 aromatic rings. The summed E-state index contributed by atoms with van der Waals surface area (Å²) in [7, 11) is 1.56. The predicted molar refractivity (Wildman–Crippen MR) is 71.8 cm³/mol. The first-order chi connectivity index (χ1) is 8.47. The lowest BCUT2D eigenvalue weighted by atomic mass is 9.88. The van der Waals surface area contributed by atoms with Gasteiger partial charge in [0.05, 0.1) is 6.61 Å². The normalized spacial score (nSPS) is 15.2. The van der Waals surface area contributed by atoms with Gasteiger partial charge in [0.2, 0.25) is 0 Å². The fraction of sp³-hybridized carbons (Fsp3) is 0.429. The minimum absolute atomic E-state index is 0.0199. The summed E-state index contributed by atoms with van der Waals surface area (Å²) in [4.78, 5) is 0. The summed E-state index contributed by atoms with van der Waals surface area (Å²) in [6.07, 6.45) is 0. The second-order valence-electron chi connectivity index (χ2n) is 4.80. The molecule has 1 N–H and O–H groups in total. The van der Waals surface area contributed by atoms with Crippen molar-refractivity contribution in [3.8, 4) is 0 Å². The molecule has 0 radical (unpaired) electrons. The van der Waals surface area contributed by atoms with Gasteiger partial charge in [0, 0.05) is 17.5 Å². The smallest absolute Gasteiger partial charge is 0.147 e. The molecule has 1 aromatic heterocycles. The highest BCUT2D eigenvalue weighted by atomic mass is 35.5. The van der Waals surface area contributed by atoms with Gasteiger partial charge in [-0.15, -0.1) is 0 Å². The van der Waals surface area contributed by atoms with Crippen LogP contribution >= 0.6 is 11.6 Å². The number of benzene rings is 1. The first-order valence-corrected chi connectivity index (χ1v) is 6.26. The van der Waals surface area contributed by atoms with E-state index in [1.165, 1.54) is 0 Å². The third kappa shape index (κ3) is 2.26. The molecule has 98 valence electrons. The Bertz CT molecular complexity index is 547. The summed E-state index contributed by atoms with van der Waals surface area (Å²) in [5, 5.41) is 12.2. The Morgan fingerprint density at radius 1 is 1.39 bits per heavy atom. The first-order valence-electron chi connectivity index (χ1n) is 5.88. The molecular formula is C14H17ClO3. The second-order valence-corrected chi connectivity index (χ2v) is 5.24. The minimum atomic E-state index is -1.12. The average Bonchev–Trinajstić information content (AvgIpc) is 2.72. The van der Waals surface area contributed by atoms with E-state index in [0.717, 1.165) is 5.39 Å². The van der Waals surface area contributed by atoms with Gasteiger partial charge in [0.25, 0.3) is 0 Å². The molecular weight excluding hydrogens is 252 g/mol. The maximum atomic E-state index is 10.7. The van der Waals surface area contributed by atoms with E-state index in [0.29, 0.717) is 16.4 Å². The van der Waals surface area contributed by atoms with Crippen molar-refractivity contribution in [1.29, 1.82) is 0 Å². The number of rotatable bonds is 4. The standard InChI is InChI=1S/C14H17ClO3/c1-9(2)14(16,8-17-3)13-7-10-6-11(15)4-5-12(10)18-13/h4-7,9,16H,8H2,1-3H3. The molecule has 1 atom stereocenters. The van der Waals surface area contributed by atoms with Crippen molar-refractivity contribution in [3.05, 3.63) is 35.0 Å². The lowest BCUT2D eigenvalue weighted by Gasteiger charge is -2.29. The van der Waals surface area contributed by atoms with Crippen LogP contribution in [-0.2, 0) is 10.3 Å². The van der Waals surface area contributed by atoms with Gasteiger partial charge >= 0.3 is 0 Å². The third-order valence-electron chi connectivity index (χ3n) is 3.22. The van der Waals surface area contributed by atoms with Crippen LogP contribution in [0.3, 0.4) is 0 Å². The topological polar surface area (TPSA) is 42.6 Å². The number of ether oxygens (including phenoxy) is 1. The van der Waals surface area contributed by atoms with Crippen molar-refractivity contribution >= 4 is 22.6 Å². The number of hydrogen-bond donors (Lipinski definition) is 1. The molecule has 1 heterocycles. The Morgan fingerprint density at radius 2 is 2.11 bits per heavy atom. The highest BCUT2D eigenvalue weighted by Crippen LogP contribution is 2.34. The highest BCUT2D eigenvalue weighted by Gasteiger charge is 2.36. The lowest BCUT2D eigenvalue weighted by molar-refractivity contribution is -0.0833. The van der Waals surface area contributed by atoms with Crippen molar-refractivity contribution in [1.82, 2.24) is 0 Å². The summed E-state index contributed by atoms with van der Waals surface area (Å²) >= 11 is 5.94. The zero-order chi connectivity index (χ0) is 13.3. The lowest BCUT2D eigenvalue weighted by Crippen LogP contribution is -2.36. The van der Waals surface area contributed by atoms with Gasteiger partial charge in [-0.25, -0.2) is 0 Å². The molecule has 0 aliphatic carbocycles. The molecule has 0 saturated heterocycles. The van der Waals surface area contributed by atoms with Crippen LogP contribution in [0.25, 0.3) is 11.0 Å². The number of furan rings is 1. The Kier molecular flexibility index (Phi) is 3.66. The van der Waals surface area contributed by atoms with E-state index in [-0.39, 0.29) is 12.5 Å². The van der Waals surface area contributed by atoms with Crippen LogP contribution in [0.15, 0.2) is 28.7 Å². The molecule has 4 heteroatoms. The van der Waals surface area contributed by atoms with Gasteiger partial charge in [-0.3, -0.25) is 0 Å². The minimum Gasteiger partial charge on any atom is -0.458 e. The van der Waals surface area contributed by atoms with Gasteiger partial charge in [-0.1, -0.05) is 25.4 Å². The van der Waals surface area contributed by atoms with Gasteiger partial charge in [0.15, 0.2) is 0 Å².